The van der Waals surface area contributed by atoms with E-state index < -0.39 is 0 Å². The molecule has 0 bridgehead atoms. The standard InChI is InChI=1S/C25H38N4O2/c1-25(2,3)21-8-6-18(7-9-21)23-16-22(28-31-23)14-20-17-26-11-10-19(20)15-24(30)27-12-13-29(4)5/h6-9,16,19-20,26H,10-15,17H2,1-5H3,(H,27,30)/t19-,20-/m0/s1. The lowest BCUT2D eigenvalue weighted by atomic mass is 9.81. The normalized spacial score (nSPS) is 19.5. The zero-order valence-electron chi connectivity index (χ0n) is 19.7. The van der Waals surface area contributed by atoms with Crippen LogP contribution in [0.25, 0.3) is 11.3 Å². The lowest BCUT2D eigenvalue weighted by molar-refractivity contribution is -0.122. The number of piperidine rings is 1. The van der Waals surface area contributed by atoms with Crippen molar-refractivity contribution in [1.82, 2.24) is 20.7 Å². The van der Waals surface area contributed by atoms with Gasteiger partial charge in [0.15, 0.2) is 5.76 Å². The number of carbonyl (C=O) groups is 1. The molecular weight excluding hydrogens is 388 g/mol. The number of rotatable bonds is 8. The maximum atomic E-state index is 12.4. The highest BCUT2D eigenvalue weighted by atomic mass is 16.5. The van der Waals surface area contributed by atoms with Gasteiger partial charge in [-0.1, -0.05) is 50.2 Å². The lowest BCUT2D eigenvalue weighted by Crippen LogP contribution is -2.41. The second kappa shape index (κ2) is 10.4. The number of likely N-dealkylation sites (N-methyl/N-ethyl adjacent to an activating group) is 1. The predicted octanol–water partition coefficient (Wildman–Crippen LogP) is 3.48. The molecule has 0 spiro atoms. The van der Waals surface area contributed by atoms with Gasteiger partial charge in [-0.3, -0.25) is 4.79 Å². The van der Waals surface area contributed by atoms with Crippen molar-refractivity contribution >= 4 is 5.91 Å². The SMILES string of the molecule is CN(C)CCNC(=O)C[C@@H]1CCNC[C@@H]1Cc1cc(-c2ccc(C(C)(C)C)cc2)on1. The number of amides is 1. The molecule has 0 saturated carbocycles. The Morgan fingerprint density at radius 3 is 2.65 bits per heavy atom. The smallest absolute Gasteiger partial charge is 0.220 e. The number of carbonyl (C=O) groups excluding carboxylic acids is 1. The molecule has 1 aromatic carbocycles. The first-order valence-electron chi connectivity index (χ1n) is 11.4. The summed E-state index contributed by atoms with van der Waals surface area (Å²) >= 11 is 0. The van der Waals surface area contributed by atoms with Crippen LogP contribution >= 0.6 is 0 Å². The maximum Gasteiger partial charge on any atom is 0.220 e. The van der Waals surface area contributed by atoms with Gasteiger partial charge < -0.3 is 20.1 Å². The van der Waals surface area contributed by atoms with E-state index in [2.05, 4.69) is 71.8 Å². The van der Waals surface area contributed by atoms with Gasteiger partial charge in [0, 0.05) is 31.1 Å². The number of aromatic nitrogens is 1. The van der Waals surface area contributed by atoms with Gasteiger partial charge in [0.2, 0.25) is 5.91 Å². The van der Waals surface area contributed by atoms with Gasteiger partial charge in [0.05, 0.1) is 5.69 Å². The first-order valence-corrected chi connectivity index (χ1v) is 11.4. The lowest BCUT2D eigenvalue weighted by Gasteiger charge is -2.31. The van der Waals surface area contributed by atoms with Crippen LogP contribution in [0, 0.1) is 11.8 Å². The van der Waals surface area contributed by atoms with Crippen molar-refractivity contribution in [3.8, 4) is 11.3 Å². The molecule has 6 heteroatoms. The first-order chi connectivity index (χ1) is 14.7. The predicted molar refractivity (Wildman–Crippen MR) is 125 cm³/mol. The molecule has 0 radical (unpaired) electrons. The topological polar surface area (TPSA) is 70.4 Å². The van der Waals surface area contributed by atoms with Crippen LogP contribution in [0.2, 0.25) is 0 Å². The zero-order chi connectivity index (χ0) is 22.4. The Labute approximate surface area is 186 Å². The van der Waals surface area contributed by atoms with Crippen LogP contribution in [0.3, 0.4) is 0 Å². The highest BCUT2D eigenvalue weighted by Crippen LogP contribution is 2.29. The van der Waals surface area contributed by atoms with Crippen LogP contribution in [-0.4, -0.2) is 56.2 Å². The van der Waals surface area contributed by atoms with Gasteiger partial charge in [-0.05, 0) is 62.8 Å². The summed E-state index contributed by atoms with van der Waals surface area (Å²) in [6, 6.07) is 10.6. The summed E-state index contributed by atoms with van der Waals surface area (Å²) in [5, 5.41) is 10.9. The van der Waals surface area contributed by atoms with Crippen molar-refractivity contribution in [3.05, 3.63) is 41.6 Å². The summed E-state index contributed by atoms with van der Waals surface area (Å²) in [7, 11) is 4.03. The molecule has 3 rings (SSSR count). The molecule has 1 amide bonds. The average molecular weight is 427 g/mol. The highest BCUT2D eigenvalue weighted by molar-refractivity contribution is 5.76. The highest BCUT2D eigenvalue weighted by Gasteiger charge is 2.28. The Balaban J connectivity index is 1.59. The Hall–Kier alpha value is -2.18. The molecule has 31 heavy (non-hydrogen) atoms. The molecule has 1 aliphatic rings. The van der Waals surface area contributed by atoms with E-state index in [1.54, 1.807) is 0 Å². The van der Waals surface area contributed by atoms with Gasteiger partial charge in [-0.2, -0.15) is 0 Å². The van der Waals surface area contributed by atoms with Crippen molar-refractivity contribution < 1.29 is 9.32 Å². The second-order valence-electron chi connectivity index (χ2n) is 10.1. The molecule has 0 aliphatic carbocycles. The zero-order valence-corrected chi connectivity index (χ0v) is 19.7. The van der Waals surface area contributed by atoms with Crippen LogP contribution in [0.5, 0.6) is 0 Å². The molecule has 1 fully saturated rings. The van der Waals surface area contributed by atoms with Crippen molar-refractivity contribution in [2.75, 3.05) is 40.3 Å². The molecular formula is C25H38N4O2. The van der Waals surface area contributed by atoms with E-state index in [0.717, 1.165) is 49.5 Å². The summed E-state index contributed by atoms with van der Waals surface area (Å²) in [5.74, 6) is 1.71. The minimum atomic E-state index is 0.132. The van der Waals surface area contributed by atoms with Crippen molar-refractivity contribution in [2.24, 2.45) is 11.8 Å². The van der Waals surface area contributed by atoms with Gasteiger partial charge >= 0.3 is 0 Å². The fraction of sp³-hybridized carbons (Fsp3) is 0.600. The van der Waals surface area contributed by atoms with E-state index in [1.165, 1.54) is 5.56 Å². The molecule has 170 valence electrons. The molecule has 2 N–H and O–H groups in total. The van der Waals surface area contributed by atoms with E-state index in [4.69, 9.17) is 4.52 Å². The number of hydrogen-bond donors (Lipinski definition) is 2. The van der Waals surface area contributed by atoms with Gasteiger partial charge in [0.1, 0.15) is 0 Å². The van der Waals surface area contributed by atoms with Crippen LogP contribution in [0.4, 0.5) is 0 Å². The number of hydrogen-bond acceptors (Lipinski definition) is 5. The summed E-state index contributed by atoms with van der Waals surface area (Å²) < 4.78 is 5.66. The number of nitrogens with zero attached hydrogens (tertiary/aromatic N) is 2. The van der Waals surface area contributed by atoms with Crippen LogP contribution in [0.1, 0.15) is 44.9 Å². The molecule has 1 aromatic heterocycles. The minimum absolute atomic E-state index is 0.132. The molecule has 2 aromatic rings. The van der Waals surface area contributed by atoms with Crippen molar-refractivity contribution in [1.29, 1.82) is 0 Å². The van der Waals surface area contributed by atoms with E-state index in [0.29, 0.717) is 24.8 Å². The fourth-order valence-corrected chi connectivity index (χ4v) is 4.16. The molecule has 2 heterocycles. The monoisotopic (exact) mass is 426 g/mol. The largest absolute Gasteiger partial charge is 0.356 e. The molecule has 1 saturated heterocycles. The van der Waals surface area contributed by atoms with E-state index >= 15 is 0 Å². The minimum Gasteiger partial charge on any atom is -0.356 e. The van der Waals surface area contributed by atoms with E-state index in [1.807, 2.05) is 14.1 Å². The molecule has 1 aliphatic heterocycles. The quantitative estimate of drug-likeness (QED) is 0.676. The number of nitrogens with one attached hydrogen (secondary N) is 2. The third-order valence-electron chi connectivity index (χ3n) is 6.16. The van der Waals surface area contributed by atoms with Crippen LogP contribution < -0.4 is 10.6 Å². The van der Waals surface area contributed by atoms with Gasteiger partial charge in [0.25, 0.3) is 0 Å². The first kappa shape index (κ1) is 23.5. The third-order valence-corrected chi connectivity index (χ3v) is 6.16. The van der Waals surface area contributed by atoms with Crippen molar-refractivity contribution in [3.63, 3.8) is 0 Å². The Morgan fingerprint density at radius 2 is 1.97 bits per heavy atom. The van der Waals surface area contributed by atoms with Crippen LogP contribution in [-0.2, 0) is 16.6 Å². The van der Waals surface area contributed by atoms with E-state index in [9.17, 15) is 4.79 Å². The third kappa shape index (κ3) is 6.91. The van der Waals surface area contributed by atoms with Crippen molar-refractivity contribution in [2.45, 2.75) is 45.4 Å². The second-order valence-corrected chi connectivity index (χ2v) is 10.1. The van der Waals surface area contributed by atoms with E-state index in [-0.39, 0.29) is 11.3 Å². The summed E-state index contributed by atoms with van der Waals surface area (Å²) in [6.07, 6.45) is 2.43. The average Bonchev–Trinajstić information content (AvgIpc) is 3.17. The molecule has 6 nitrogen and oxygen atoms in total. The summed E-state index contributed by atoms with van der Waals surface area (Å²) in [5.41, 5.74) is 3.44. The fourth-order valence-electron chi connectivity index (χ4n) is 4.16. The maximum absolute atomic E-state index is 12.4. The van der Waals surface area contributed by atoms with Crippen LogP contribution in [0.15, 0.2) is 34.9 Å². The van der Waals surface area contributed by atoms with Gasteiger partial charge in [-0.15, -0.1) is 0 Å². The Kier molecular flexibility index (Phi) is 7.89. The number of benzene rings is 1. The Morgan fingerprint density at radius 1 is 1.23 bits per heavy atom. The summed E-state index contributed by atoms with van der Waals surface area (Å²) in [6.45, 7) is 10.1. The van der Waals surface area contributed by atoms with Gasteiger partial charge in [-0.25, -0.2) is 0 Å². The Bertz CT molecular complexity index is 836. The molecule has 2 atom stereocenters. The summed E-state index contributed by atoms with van der Waals surface area (Å²) in [4.78, 5) is 14.5. The molecule has 0 unspecified atom stereocenters.